The molecule has 0 spiro atoms. The van der Waals surface area contributed by atoms with Gasteiger partial charge >= 0.3 is 0 Å². The van der Waals surface area contributed by atoms with Gasteiger partial charge in [0.2, 0.25) is 0 Å². The maximum Gasteiger partial charge on any atom is 0.171 e. The van der Waals surface area contributed by atoms with Crippen LogP contribution in [0.25, 0.3) is 0 Å². The van der Waals surface area contributed by atoms with E-state index in [0.717, 1.165) is 5.56 Å². The second-order valence-electron chi connectivity index (χ2n) is 3.00. The van der Waals surface area contributed by atoms with E-state index in [4.69, 9.17) is 22.1 Å². The van der Waals surface area contributed by atoms with Crippen LogP contribution in [-0.4, -0.2) is 11.1 Å². The average Bonchev–Trinajstić information content (AvgIpc) is 2.08. The first-order chi connectivity index (χ1) is 6.13. The molecule has 0 amide bonds. The molecule has 1 aromatic rings. The van der Waals surface area contributed by atoms with Gasteiger partial charge in [-0.25, -0.2) is 4.98 Å². The van der Waals surface area contributed by atoms with E-state index in [2.05, 4.69) is 4.98 Å². The van der Waals surface area contributed by atoms with Crippen LogP contribution in [0.2, 0.25) is 5.15 Å². The zero-order chi connectivity index (χ0) is 9.84. The van der Waals surface area contributed by atoms with Gasteiger partial charge in [0.1, 0.15) is 0 Å². The third-order valence-corrected chi connectivity index (χ3v) is 1.75. The van der Waals surface area contributed by atoms with Crippen molar-refractivity contribution in [2.24, 2.45) is 5.73 Å². The molecule has 3 nitrogen and oxygen atoms in total. The molecule has 2 N–H and O–H groups in total. The molecule has 0 saturated heterocycles. The molecular formula is C9H13ClN2O. The summed E-state index contributed by atoms with van der Waals surface area (Å²) in [5, 5.41) is 0.380. The summed E-state index contributed by atoms with van der Waals surface area (Å²) in [5.41, 5.74) is 6.38. The largest absolute Gasteiger partial charge is 0.488 e. The van der Waals surface area contributed by atoms with Gasteiger partial charge in [0.05, 0.1) is 6.10 Å². The minimum Gasteiger partial charge on any atom is -0.488 e. The normalized spacial score (nSPS) is 10.5. The van der Waals surface area contributed by atoms with E-state index in [9.17, 15) is 0 Å². The number of hydrogen-bond donors (Lipinski definition) is 1. The van der Waals surface area contributed by atoms with E-state index in [1.807, 2.05) is 19.9 Å². The molecule has 0 aromatic carbocycles. The van der Waals surface area contributed by atoms with Gasteiger partial charge in [0, 0.05) is 12.7 Å². The molecular weight excluding hydrogens is 188 g/mol. The van der Waals surface area contributed by atoms with Crippen LogP contribution in [0.15, 0.2) is 12.3 Å². The van der Waals surface area contributed by atoms with Crippen LogP contribution in [0.4, 0.5) is 0 Å². The molecule has 4 heteroatoms. The van der Waals surface area contributed by atoms with Crippen molar-refractivity contribution < 1.29 is 4.74 Å². The quantitative estimate of drug-likeness (QED) is 0.760. The standard InChI is InChI=1S/C9H13ClN2O/c1-6(2)13-8-3-7(4-11)5-12-9(8)10/h3,5-6H,4,11H2,1-2H3. The Balaban J connectivity index is 2.90. The minimum absolute atomic E-state index is 0.0901. The van der Waals surface area contributed by atoms with E-state index in [0.29, 0.717) is 17.4 Å². The molecule has 0 saturated carbocycles. The Morgan fingerprint density at radius 3 is 2.85 bits per heavy atom. The summed E-state index contributed by atoms with van der Waals surface area (Å²) in [6, 6.07) is 1.81. The lowest BCUT2D eigenvalue weighted by Crippen LogP contribution is -2.07. The maximum absolute atomic E-state index is 5.82. The van der Waals surface area contributed by atoms with Crippen molar-refractivity contribution in [2.45, 2.75) is 26.5 Å². The molecule has 1 aromatic heterocycles. The number of hydrogen-bond acceptors (Lipinski definition) is 3. The minimum atomic E-state index is 0.0901. The van der Waals surface area contributed by atoms with Gasteiger partial charge in [0.15, 0.2) is 10.9 Å². The Morgan fingerprint density at radius 1 is 1.62 bits per heavy atom. The van der Waals surface area contributed by atoms with E-state index in [-0.39, 0.29) is 6.10 Å². The number of ether oxygens (including phenoxy) is 1. The fourth-order valence-electron chi connectivity index (χ4n) is 0.917. The molecule has 1 rings (SSSR count). The Morgan fingerprint density at radius 2 is 2.31 bits per heavy atom. The van der Waals surface area contributed by atoms with Crippen LogP contribution in [0.3, 0.4) is 0 Å². The van der Waals surface area contributed by atoms with Gasteiger partial charge in [-0.05, 0) is 25.5 Å². The number of rotatable bonds is 3. The Hall–Kier alpha value is -0.800. The van der Waals surface area contributed by atoms with Crippen molar-refractivity contribution in [1.82, 2.24) is 4.98 Å². The number of nitrogens with zero attached hydrogens (tertiary/aromatic N) is 1. The first-order valence-electron chi connectivity index (χ1n) is 4.14. The Bertz CT molecular complexity index is 289. The first kappa shape index (κ1) is 10.3. The molecule has 0 unspecified atom stereocenters. The van der Waals surface area contributed by atoms with E-state index in [1.165, 1.54) is 0 Å². The van der Waals surface area contributed by atoms with Crippen LogP contribution >= 0.6 is 11.6 Å². The average molecular weight is 201 g/mol. The summed E-state index contributed by atoms with van der Waals surface area (Å²) in [6.45, 7) is 4.31. The molecule has 0 aliphatic carbocycles. The molecule has 72 valence electrons. The SMILES string of the molecule is CC(C)Oc1cc(CN)cnc1Cl. The van der Waals surface area contributed by atoms with Crippen molar-refractivity contribution in [1.29, 1.82) is 0 Å². The number of nitrogens with two attached hydrogens (primary N) is 1. The number of halogens is 1. The topological polar surface area (TPSA) is 48.1 Å². The van der Waals surface area contributed by atoms with Crippen LogP contribution in [0.5, 0.6) is 5.75 Å². The number of pyridine rings is 1. The summed E-state index contributed by atoms with van der Waals surface area (Å²) >= 11 is 5.82. The monoisotopic (exact) mass is 200 g/mol. The zero-order valence-corrected chi connectivity index (χ0v) is 8.51. The zero-order valence-electron chi connectivity index (χ0n) is 7.75. The highest BCUT2D eigenvalue weighted by Crippen LogP contribution is 2.23. The van der Waals surface area contributed by atoms with Gasteiger partial charge in [-0.1, -0.05) is 11.6 Å². The Labute approximate surface area is 82.9 Å². The highest BCUT2D eigenvalue weighted by Gasteiger charge is 2.05. The van der Waals surface area contributed by atoms with Gasteiger partial charge in [-0.15, -0.1) is 0 Å². The number of aromatic nitrogens is 1. The fourth-order valence-corrected chi connectivity index (χ4v) is 1.06. The van der Waals surface area contributed by atoms with Crippen molar-refractivity contribution in [3.05, 3.63) is 23.0 Å². The van der Waals surface area contributed by atoms with Crippen molar-refractivity contribution >= 4 is 11.6 Å². The van der Waals surface area contributed by atoms with E-state index in [1.54, 1.807) is 6.20 Å². The van der Waals surface area contributed by atoms with Crippen LogP contribution < -0.4 is 10.5 Å². The third-order valence-electron chi connectivity index (χ3n) is 1.46. The van der Waals surface area contributed by atoms with E-state index < -0.39 is 0 Å². The van der Waals surface area contributed by atoms with Crippen LogP contribution in [-0.2, 0) is 6.54 Å². The predicted octanol–water partition coefficient (Wildman–Crippen LogP) is 1.98. The van der Waals surface area contributed by atoms with E-state index >= 15 is 0 Å². The summed E-state index contributed by atoms with van der Waals surface area (Å²) < 4.78 is 5.44. The molecule has 1 heterocycles. The fraction of sp³-hybridized carbons (Fsp3) is 0.444. The maximum atomic E-state index is 5.82. The second-order valence-corrected chi connectivity index (χ2v) is 3.36. The first-order valence-corrected chi connectivity index (χ1v) is 4.52. The molecule has 0 atom stereocenters. The molecule has 0 radical (unpaired) electrons. The van der Waals surface area contributed by atoms with Gasteiger partial charge < -0.3 is 10.5 Å². The highest BCUT2D eigenvalue weighted by molar-refractivity contribution is 6.30. The summed E-state index contributed by atoms with van der Waals surface area (Å²) in [7, 11) is 0. The van der Waals surface area contributed by atoms with Gasteiger partial charge in [-0.2, -0.15) is 0 Å². The molecule has 0 aliphatic rings. The lowest BCUT2D eigenvalue weighted by atomic mass is 10.3. The molecule has 0 aliphatic heterocycles. The lowest BCUT2D eigenvalue weighted by molar-refractivity contribution is 0.241. The third kappa shape index (κ3) is 2.86. The summed E-state index contributed by atoms with van der Waals surface area (Å²) in [6.07, 6.45) is 1.74. The highest BCUT2D eigenvalue weighted by atomic mass is 35.5. The predicted molar refractivity (Wildman–Crippen MR) is 52.9 cm³/mol. The molecule has 13 heavy (non-hydrogen) atoms. The Kier molecular flexibility index (Phi) is 3.51. The lowest BCUT2D eigenvalue weighted by Gasteiger charge is -2.11. The van der Waals surface area contributed by atoms with Crippen molar-refractivity contribution in [3.8, 4) is 5.75 Å². The summed E-state index contributed by atoms with van der Waals surface area (Å²) in [4.78, 5) is 3.96. The van der Waals surface area contributed by atoms with Crippen molar-refractivity contribution in [2.75, 3.05) is 0 Å². The van der Waals surface area contributed by atoms with Crippen LogP contribution in [0, 0.1) is 0 Å². The van der Waals surface area contributed by atoms with Crippen molar-refractivity contribution in [3.63, 3.8) is 0 Å². The van der Waals surface area contributed by atoms with Gasteiger partial charge in [0.25, 0.3) is 0 Å². The summed E-state index contributed by atoms with van der Waals surface area (Å²) in [5.74, 6) is 0.597. The van der Waals surface area contributed by atoms with Gasteiger partial charge in [-0.3, -0.25) is 0 Å². The van der Waals surface area contributed by atoms with Crippen LogP contribution in [0.1, 0.15) is 19.4 Å². The molecule has 0 bridgehead atoms. The second kappa shape index (κ2) is 4.44. The smallest absolute Gasteiger partial charge is 0.171 e. The molecule has 0 fully saturated rings.